The Hall–Kier alpha value is -1.98. The van der Waals surface area contributed by atoms with Crippen molar-refractivity contribution in [1.82, 2.24) is 19.6 Å². The van der Waals surface area contributed by atoms with Gasteiger partial charge in [0, 0.05) is 18.3 Å². The van der Waals surface area contributed by atoms with Crippen molar-refractivity contribution >= 4 is 17.6 Å². The molecule has 0 aromatic carbocycles. The van der Waals surface area contributed by atoms with Crippen LogP contribution >= 0.6 is 0 Å². The van der Waals surface area contributed by atoms with Crippen molar-refractivity contribution in [3.05, 3.63) is 17.5 Å². The van der Waals surface area contributed by atoms with Gasteiger partial charge in [-0.3, -0.25) is 10.1 Å². The Balaban J connectivity index is 2.63. The van der Waals surface area contributed by atoms with Crippen LogP contribution < -0.4 is 5.32 Å². The van der Waals surface area contributed by atoms with Crippen LogP contribution in [0.4, 0.5) is 5.95 Å². The van der Waals surface area contributed by atoms with E-state index >= 15 is 0 Å². The summed E-state index contributed by atoms with van der Waals surface area (Å²) in [5.41, 5.74) is 1.81. The lowest BCUT2D eigenvalue weighted by Crippen LogP contribution is -2.10. The second-order valence-electron chi connectivity index (χ2n) is 3.38. The second-order valence-corrected chi connectivity index (χ2v) is 3.38. The number of rotatable bonds is 1. The van der Waals surface area contributed by atoms with Crippen LogP contribution in [-0.2, 0) is 4.79 Å². The monoisotopic (exact) mass is 205 g/mol. The number of nitrogens with one attached hydrogen (secondary N) is 1. The lowest BCUT2D eigenvalue weighted by Gasteiger charge is -2.03. The molecule has 0 bridgehead atoms. The molecule has 0 atom stereocenters. The molecule has 2 rings (SSSR count). The number of carbonyl (C=O) groups excluding carboxylic acids is 1. The number of hydrogen-bond donors (Lipinski definition) is 1. The first-order chi connectivity index (χ1) is 7.08. The summed E-state index contributed by atoms with van der Waals surface area (Å²) >= 11 is 0. The lowest BCUT2D eigenvalue weighted by molar-refractivity contribution is -0.114. The van der Waals surface area contributed by atoms with Crippen LogP contribution in [-0.4, -0.2) is 25.5 Å². The van der Waals surface area contributed by atoms with Gasteiger partial charge in [-0.2, -0.15) is 0 Å². The number of carbonyl (C=O) groups is 1. The average Bonchev–Trinajstić information content (AvgIpc) is 2.46. The topological polar surface area (TPSA) is 72.2 Å². The summed E-state index contributed by atoms with van der Waals surface area (Å²) in [7, 11) is 0. The van der Waals surface area contributed by atoms with Crippen molar-refractivity contribution in [2.45, 2.75) is 20.8 Å². The fourth-order valence-corrected chi connectivity index (χ4v) is 1.47. The summed E-state index contributed by atoms with van der Waals surface area (Å²) in [5.74, 6) is 0.725. The summed E-state index contributed by atoms with van der Waals surface area (Å²) in [6.45, 7) is 5.23. The van der Waals surface area contributed by atoms with Crippen LogP contribution in [0.25, 0.3) is 5.78 Å². The molecule has 6 heteroatoms. The van der Waals surface area contributed by atoms with Gasteiger partial charge in [-0.15, -0.1) is 10.2 Å². The van der Waals surface area contributed by atoms with Crippen molar-refractivity contribution < 1.29 is 4.79 Å². The van der Waals surface area contributed by atoms with Gasteiger partial charge in [0.1, 0.15) is 0 Å². The zero-order valence-corrected chi connectivity index (χ0v) is 8.77. The van der Waals surface area contributed by atoms with Crippen LogP contribution in [0.15, 0.2) is 6.07 Å². The van der Waals surface area contributed by atoms with E-state index in [1.807, 2.05) is 19.9 Å². The molecule has 0 saturated heterocycles. The maximum atomic E-state index is 10.9. The molecule has 0 aliphatic rings. The molecule has 0 fully saturated rings. The summed E-state index contributed by atoms with van der Waals surface area (Å²) in [5, 5.41) is 10.3. The van der Waals surface area contributed by atoms with Crippen LogP contribution in [0.2, 0.25) is 0 Å². The van der Waals surface area contributed by atoms with Gasteiger partial charge in [-0.05, 0) is 19.9 Å². The van der Waals surface area contributed by atoms with Gasteiger partial charge in [-0.1, -0.05) is 0 Å². The first kappa shape index (κ1) is 9.57. The van der Waals surface area contributed by atoms with Crippen molar-refractivity contribution in [2.75, 3.05) is 5.32 Å². The number of amides is 1. The SMILES string of the molecule is CC(=O)Nc1nnc2nc(C)cc(C)n12. The summed E-state index contributed by atoms with van der Waals surface area (Å²) in [6.07, 6.45) is 0. The van der Waals surface area contributed by atoms with Crippen molar-refractivity contribution in [3.8, 4) is 0 Å². The minimum atomic E-state index is -0.177. The van der Waals surface area contributed by atoms with E-state index in [2.05, 4.69) is 20.5 Å². The normalized spacial score (nSPS) is 10.6. The fourth-order valence-electron chi connectivity index (χ4n) is 1.47. The highest BCUT2D eigenvalue weighted by atomic mass is 16.1. The van der Waals surface area contributed by atoms with E-state index in [0.717, 1.165) is 11.4 Å². The van der Waals surface area contributed by atoms with Gasteiger partial charge < -0.3 is 0 Å². The molecular weight excluding hydrogens is 194 g/mol. The third-order valence-corrected chi connectivity index (χ3v) is 1.98. The molecule has 0 aliphatic carbocycles. The van der Waals surface area contributed by atoms with Crippen LogP contribution in [0.1, 0.15) is 18.3 Å². The fraction of sp³-hybridized carbons (Fsp3) is 0.333. The van der Waals surface area contributed by atoms with Gasteiger partial charge >= 0.3 is 0 Å². The Morgan fingerprint density at radius 2 is 2.13 bits per heavy atom. The maximum absolute atomic E-state index is 10.9. The Labute approximate surface area is 86.3 Å². The summed E-state index contributed by atoms with van der Waals surface area (Å²) in [4.78, 5) is 15.1. The summed E-state index contributed by atoms with van der Waals surface area (Å²) in [6, 6.07) is 1.90. The Morgan fingerprint density at radius 3 is 2.80 bits per heavy atom. The van der Waals surface area contributed by atoms with E-state index in [-0.39, 0.29) is 5.91 Å². The third-order valence-electron chi connectivity index (χ3n) is 1.98. The Kier molecular flexibility index (Phi) is 2.11. The minimum absolute atomic E-state index is 0.177. The van der Waals surface area contributed by atoms with E-state index < -0.39 is 0 Å². The van der Waals surface area contributed by atoms with Gasteiger partial charge in [0.15, 0.2) is 0 Å². The van der Waals surface area contributed by atoms with Crippen LogP contribution in [0.5, 0.6) is 0 Å². The zero-order valence-electron chi connectivity index (χ0n) is 8.77. The number of aryl methyl sites for hydroxylation is 2. The first-order valence-corrected chi connectivity index (χ1v) is 4.55. The molecule has 0 spiro atoms. The van der Waals surface area contributed by atoms with Gasteiger partial charge in [0.05, 0.1) is 0 Å². The molecule has 1 amide bonds. The van der Waals surface area contributed by atoms with E-state index in [9.17, 15) is 4.79 Å². The summed E-state index contributed by atoms with van der Waals surface area (Å²) < 4.78 is 1.70. The molecule has 0 saturated carbocycles. The van der Waals surface area contributed by atoms with E-state index in [1.165, 1.54) is 6.92 Å². The number of nitrogens with zero attached hydrogens (tertiary/aromatic N) is 4. The smallest absolute Gasteiger partial charge is 0.256 e. The standard InChI is InChI=1S/C9H11N5O/c1-5-4-6(2)14-8(10-5)12-13-9(14)11-7(3)15/h4H,1-3H3,(H,11,13,15). The molecular formula is C9H11N5O. The number of fused-ring (bicyclic) bond motifs is 1. The molecule has 0 radical (unpaired) electrons. The van der Waals surface area contributed by atoms with E-state index in [0.29, 0.717) is 11.7 Å². The minimum Gasteiger partial charge on any atom is -0.295 e. The maximum Gasteiger partial charge on any atom is 0.256 e. The van der Waals surface area contributed by atoms with Crippen LogP contribution in [0, 0.1) is 13.8 Å². The van der Waals surface area contributed by atoms with E-state index in [4.69, 9.17) is 0 Å². The molecule has 6 nitrogen and oxygen atoms in total. The molecule has 2 aromatic rings. The highest BCUT2D eigenvalue weighted by Crippen LogP contribution is 2.11. The second kappa shape index (κ2) is 3.30. The molecule has 2 aromatic heterocycles. The highest BCUT2D eigenvalue weighted by Gasteiger charge is 2.09. The Morgan fingerprint density at radius 1 is 1.40 bits per heavy atom. The molecule has 78 valence electrons. The lowest BCUT2D eigenvalue weighted by atomic mass is 10.3. The zero-order chi connectivity index (χ0) is 11.0. The first-order valence-electron chi connectivity index (χ1n) is 4.55. The molecule has 0 aliphatic heterocycles. The third kappa shape index (κ3) is 1.65. The quantitative estimate of drug-likeness (QED) is 0.743. The molecule has 15 heavy (non-hydrogen) atoms. The van der Waals surface area contributed by atoms with Crippen molar-refractivity contribution in [2.24, 2.45) is 0 Å². The van der Waals surface area contributed by atoms with Gasteiger partial charge in [0.2, 0.25) is 11.9 Å². The highest BCUT2D eigenvalue weighted by molar-refractivity contribution is 5.87. The molecule has 0 unspecified atom stereocenters. The van der Waals surface area contributed by atoms with E-state index in [1.54, 1.807) is 4.40 Å². The molecule has 1 N–H and O–H groups in total. The average molecular weight is 205 g/mol. The predicted octanol–water partition coefficient (Wildman–Crippen LogP) is 0.700. The largest absolute Gasteiger partial charge is 0.295 e. The predicted molar refractivity (Wildman–Crippen MR) is 54.6 cm³/mol. The number of anilines is 1. The number of hydrogen-bond acceptors (Lipinski definition) is 4. The van der Waals surface area contributed by atoms with Crippen molar-refractivity contribution in [1.29, 1.82) is 0 Å². The van der Waals surface area contributed by atoms with Gasteiger partial charge in [0.25, 0.3) is 5.78 Å². The Bertz CT molecular complexity index is 531. The van der Waals surface area contributed by atoms with Gasteiger partial charge in [-0.25, -0.2) is 9.38 Å². The van der Waals surface area contributed by atoms with Crippen LogP contribution in [0.3, 0.4) is 0 Å². The molecule has 2 heterocycles. The van der Waals surface area contributed by atoms with Crippen molar-refractivity contribution in [3.63, 3.8) is 0 Å². The number of aromatic nitrogens is 4.